The fourth-order valence-electron chi connectivity index (χ4n) is 2.89. The molecular weight excluding hydrogens is 450 g/mol. The average molecular weight is 470 g/mol. The third-order valence-electron chi connectivity index (χ3n) is 4.28. The lowest BCUT2D eigenvalue weighted by Crippen LogP contribution is -2.13. The highest BCUT2D eigenvalue weighted by Gasteiger charge is 2.09. The van der Waals surface area contributed by atoms with Crippen LogP contribution in [0.4, 0.5) is 11.4 Å². The maximum absolute atomic E-state index is 12.5. The Morgan fingerprint density at radius 2 is 1.74 bits per heavy atom. The molecule has 0 saturated carbocycles. The van der Waals surface area contributed by atoms with Gasteiger partial charge in [0.2, 0.25) is 10.0 Å². The number of hydrogen-bond donors (Lipinski definition) is 2. The van der Waals surface area contributed by atoms with Crippen LogP contribution in [0.15, 0.2) is 77.1 Å². The second kappa shape index (κ2) is 9.09. The summed E-state index contributed by atoms with van der Waals surface area (Å²) in [5.41, 5.74) is 3.53. The van der Waals surface area contributed by atoms with Crippen molar-refractivity contribution in [1.82, 2.24) is 4.98 Å². The van der Waals surface area contributed by atoms with Crippen LogP contribution in [0.25, 0.3) is 10.2 Å². The molecule has 0 aliphatic carbocycles. The standard InChI is InChI=1S/C22H19N3O3S3/c1-31(27,28)25-18-6-4-5-17(13-18)23-21(26)16-11-9-15(10-12-16)14-29-22-24-19-7-2-3-8-20(19)30-22/h2-13,25H,14H2,1H3,(H,23,26). The highest BCUT2D eigenvalue weighted by atomic mass is 32.2. The number of hydrogen-bond acceptors (Lipinski definition) is 6. The van der Waals surface area contributed by atoms with Crippen LogP contribution in [-0.2, 0) is 15.8 Å². The van der Waals surface area contributed by atoms with Crippen LogP contribution >= 0.6 is 23.1 Å². The van der Waals surface area contributed by atoms with Crippen molar-refractivity contribution in [3.05, 3.63) is 83.9 Å². The number of carbonyl (C=O) groups is 1. The lowest BCUT2D eigenvalue weighted by atomic mass is 10.1. The van der Waals surface area contributed by atoms with Crippen LogP contribution in [-0.4, -0.2) is 25.6 Å². The first-order chi connectivity index (χ1) is 14.9. The molecule has 0 fully saturated rings. The number of nitrogens with zero attached hydrogens (tertiary/aromatic N) is 1. The molecule has 4 aromatic rings. The summed E-state index contributed by atoms with van der Waals surface area (Å²) in [6, 6.07) is 22.1. The number of nitrogens with one attached hydrogen (secondary N) is 2. The van der Waals surface area contributed by atoms with Gasteiger partial charge in [0, 0.05) is 17.0 Å². The van der Waals surface area contributed by atoms with Gasteiger partial charge < -0.3 is 5.32 Å². The van der Waals surface area contributed by atoms with Gasteiger partial charge in [-0.3, -0.25) is 9.52 Å². The van der Waals surface area contributed by atoms with Crippen molar-refractivity contribution in [2.75, 3.05) is 16.3 Å². The Morgan fingerprint density at radius 1 is 1.00 bits per heavy atom. The van der Waals surface area contributed by atoms with E-state index in [1.807, 2.05) is 30.3 Å². The first kappa shape index (κ1) is 21.4. The van der Waals surface area contributed by atoms with Crippen molar-refractivity contribution >= 4 is 60.6 Å². The monoisotopic (exact) mass is 469 g/mol. The summed E-state index contributed by atoms with van der Waals surface area (Å²) in [6.45, 7) is 0. The van der Waals surface area contributed by atoms with Gasteiger partial charge in [-0.25, -0.2) is 13.4 Å². The fourth-order valence-corrected chi connectivity index (χ4v) is 5.47. The fraction of sp³-hybridized carbons (Fsp3) is 0.0909. The van der Waals surface area contributed by atoms with E-state index in [2.05, 4.69) is 21.1 Å². The van der Waals surface area contributed by atoms with Crippen LogP contribution in [0.3, 0.4) is 0 Å². The van der Waals surface area contributed by atoms with E-state index in [0.717, 1.165) is 27.4 Å². The van der Waals surface area contributed by atoms with E-state index in [9.17, 15) is 13.2 Å². The quantitative estimate of drug-likeness (QED) is 0.363. The predicted molar refractivity (Wildman–Crippen MR) is 128 cm³/mol. The minimum atomic E-state index is -3.38. The summed E-state index contributed by atoms with van der Waals surface area (Å²) in [5.74, 6) is 0.503. The Hall–Kier alpha value is -2.88. The van der Waals surface area contributed by atoms with Crippen LogP contribution in [0, 0.1) is 0 Å². The number of sulfonamides is 1. The summed E-state index contributed by atoms with van der Waals surface area (Å²) >= 11 is 3.35. The Bertz CT molecular complexity index is 1300. The molecule has 31 heavy (non-hydrogen) atoms. The molecule has 1 aromatic heterocycles. The van der Waals surface area contributed by atoms with Crippen LogP contribution in [0.1, 0.15) is 15.9 Å². The van der Waals surface area contributed by atoms with E-state index in [0.29, 0.717) is 16.9 Å². The van der Waals surface area contributed by atoms with Gasteiger partial charge in [0.05, 0.1) is 22.2 Å². The number of anilines is 2. The van der Waals surface area contributed by atoms with E-state index in [-0.39, 0.29) is 5.91 Å². The molecule has 158 valence electrons. The topological polar surface area (TPSA) is 88.2 Å². The number of rotatable bonds is 7. The summed E-state index contributed by atoms with van der Waals surface area (Å²) in [4.78, 5) is 17.2. The van der Waals surface area contributed by atoms with E-state index in [4.69, 9.17) is 0 Å². The van der Waals surface area contributed by atoms with Gasteiger partial charge in [-0.15, -0.1) is 11.3 Å². The number of para-hydroxylation sites is 1. The number of thioether (sulfide) groups is 1. The number of amides is 1. The second-order valence-electron chi connectivity index (χ2n) is 6.84. The second-order valence-corrected chi connectivity index (χ2v) is 10.8. The molecule has 0 bridgehead atoms. The zero-order chi connectivity index (χ0) is 21.8. The Kier molecular flexibility index (Phi) is 6.26. The molecule has 0 atom stereocenters. The molecule has 0 aliphatic heterocycles. The lowest BCUT2D eigenvalue weighted by molar-refractivity contribution is 0.102. The van der Waals surface area contributed by atoms with Crippen LogP contribution < -0.4 is 10.0 Å². The number of thiazole rings is 1. The van der Waals surface area contributed by atoms with Gasteiger partial charge >= 0.3 is 0 Å². The first-order valence-corrected chi connectivity index (χ1v) is 13.0. The van der Waals surface area contributed by atoms with Crippen molar-refractivity contribution < 1.29 is 13.2 Å². The van der Waals surface area contributed by atoms with E-state index >= 15 is 0 Å². The zero-order valence-electron chi connectivity index (χ0n) is 16.5. The van der Waals surface area contributed by atoms with Crippen molar-refractivity contribution in [3.63, 3.8) is 0 Å². The van der Waals surface area contributed by atoms with E-state index < -0.39 is 10.0 Å². The Balaban J connectivity index is 1.37. The molecule has 6 nitrogen and oxygen atoms in total. The third-order valence-corrected chi connectivity index (χ3v) is 7.13. The van der Waals surface area contributed by atoms with E-state index in [1.165, 1.54) is 4.70 Å². The molecule has 4 rings (SSSR count). The van der Waals surface area contributed by atoms with Gasteiger partial charge in [0.1, 0.15) is 0 Å². The molecule has 9 heteroatoms. The van der Waals surface area contributed by atoms with Crippen molar-refractivity contribution in [2.45, 2.75) is 10.1 Å². The van der Waals surface area contributed by atoms with Gasteiger partial charge in [-0.2, -0.15) is 0 Å². The lowest BCUT2D eigenvalue weighted by Gasteiger charge is -2.09. The van der Waals surface area contributed by atoms with Crippen molar-refractivity contribution in [2.24, 2.45) is 0 Å². The summed E-state index contributed by atoms with van der Waals surface area (Å²) in [7, 11) is -3.38. The molecular formula is C22H19N3O3S3. The highest BCUT2D eigenvalue weighted by molar-refractivity contribution is 8.00. The normalized spacial score (nSPS) is 11.4. The molecule has 3 aromatic carbocycles. The molecule has 1 heterocycles. The largest absolute Gasteiger partial charge is 0.322 e. The average Bonchev–Trinajstić information content (AvgIpc) is 3.15. The number of benzene rings is 3. The minimum Gasteiger partial charge on any atom is -0.322 e. The van der Waals surface area contributed by atoms with Gasteiger partial charge in [0.15, 0.2) is 4.34 Å². The number of aromatic nitrogens is 1. The van der Waals surface area contributed by atoms with Crippen molar-refractivity contribution in [1.29, 1.82) is 0 Å². The summed E-state index contributed by atoms with van der Waals surface area (Å²) < 4.78 is 27.3. The van der Waals surface area contributed by atoms with Gasteiger partial charge in [-0.05, 0) is 48.0 Å². The van der Waals surface area contributed by atoms with Crippen LogP contribution in [0.2, 0.25) is 0 Å². The van der Waals surface area contributed by atoms with Gasteiger partial charge in [-0.1, -0.05) is 42.1 Å². The van der Waals surface area contributed by atoms with Gasteiger partial charge in [0.25, 0.3) is 5.91 Å². The molecule has 0 aliphatic rings. The summed E-state index contributed by atoms with van der Waals surface area (Å²) in [5, 5.41) is 2.79. The maximum Gasteiger partial charge on any atom is 0.255 e. The molecule has 1 amide bonds. The Labute approximate surface area is 188 Å². The molecule has 0 spiro atoms. The van der Waals surface area contributed by atoms with Crippen molar-refractivity contribution in [3.8, 4) is 0 Å². The third kappa shape index (κ3) is 5.84. The summed E-state index contributed by atoms with van der Waals surface area (Å²) in [6.07, 6.45) is 1.08. The van der Waals surface area contributed by atoms with Crippen LogP contribution in [0.5, 0.6) is 0 Å². The molecule has 2 N–H and O–H groups in total. The smallest absolute Gasteiger partial charge is 0.255 e. The number of fused-ring (bicyclic) bond motifs is 1. The first-order valence-electron chi connectivity index (χ1n) is 9.32. The zero-order valence-corrected chi connectivity index (χ0v) is 19.0. The highest BCUT2D eigenvalue weighted by Crippen LogP contribution is 2.31. The maximum atomic E-state index is 12.5. The predicted octanol–water partition coefficient (Wildman–Crippen LogP) is 5.21. The molecule has 0 radical (unpaired) electrons. The van der Waals surface area contributed by atoms with E-state index in [1.54, 1.807) is 59.5 Å². The number of carbonyl (C=O) groups excluding carboxylic acids is 1. The Morgan fingerprint density at radius 3 is 2.48 bits per heavy atom. The molecule has 0 saturated heterocycles. The SMILES string of the molecule is CS(=O)(=O)Nc1cccc(NC(=O)c2ccc(CSc3nc4ccccc4s3)cc2)c1. The molecule has 0 unspecified atom stereocenters. The minimum absolute atomic E-state index is 0.262.